The number of hydrogen-bond donors (Lipinski definition) is 1. The number of carbonyl (C=O) groups is 1. The Morgan fingerprint density at radius 3 is 2.79 bits per heavy atom. The Morgan fingerprint density at radius 2 is 2.21 bits per heavy atom. The van der Waals surface area contributed by atoms with E-state index in [9.17, 15) is 9.18 Å². The fraction of sp³-hybridized carbons (Fsp3) is 0.231. The Balaban J connectivity index is 2.20. The van der Waals surface area contributed by atoms with Crippen LogP contribution in [0.15, 0.2) is 27.6 Å². The monoisotopic (exact) mass is 281 g/mol. The molecule has 0 saturated carbocycles. The Labute approximate surface area is 113 Å². The number of nitrogens with zero attached hydrogens (tertiary/aromatic N) is 1. The van der Waals surface area contributed by atoms with Crippen molar-refractivity contribution in [2.24, 2.45) is 0 Å². The average molecular weight is 281 g/mol. The number of carboxylic acid groups (broad SMARTS) is 1. The van der Waals surface area contributed by atoms with Crippen molar-refractivity contribution >= 4 is 17.7 Å². The Morgan fingerprint density at radius 1 is 1.47 bits per heavy atom. The van der Waals surface area contributed by atoms with E-state index in [1.807, 2.05) is 6.92 Å². The van der Waals surface area contributed by atoms with Gasteiger partial charge in [-0.05, 0) is 32.0 Å². The van der Waals surface area contributed by atoms with Gasteiger partial charge in [0.25, 0.3) is 0 Å². The van der Waals surface area contributed by atoms with Crippen molar-refractivity contribution in [2.75, 3.05) is 0 Å². The molecule has 1 aromatic heterocycles. The summed E-state index contributed by atoms with van der Waals surface area (Å²) in [5.41, 5.74) is 1.74. The SMILES string of the molecule is Cc1noc(C)c1CSc1cc(C(=O)O)ccc1F. The molecule has 0 spiro atoms. The van der Waals surface area contributed by atoms with Crippen molar-refractivity contribution in [2.45, 2.75) is 24.5 Å². The average Bonchev–Trinajstić information content (AvgIpc) is 2.68. The van der Waals surface area contributed by atoms with Crippen LogP contribution in [-0.4, -0.2) is 16.2 Å². The standard InChI is InChI=1S/C13H12FNO3S/c1-7-10(8(2)18-15-7)6-19-12-5-9(13(16)17)3-4-11(12)14/h3-5H,6H2,1-2H3,(H,16,17). The number of rotatable bonds is 4. The molecule has 1 heterocycles. The van der Waals surface area contributed by atoms with E-state index >= 15 is 0 Å². The molecule has 0 unspecified atom stereocenters. The number of aryl methyl sites for hydroxylation is 2. The number of aromatic carboxylic acids is 1. The maximum absolute atomic E-state index is 13.6. The molecule has 1 N–H and O–H groups in total. The van der Waals surface area contributed by atoms with Crippen LogP contribution in [0.2, 0.25) is 0 Å². The largest absolute Gasteiger partial charge is 0.478 e. The molecule has 4 nitrogen and oxygen atoms in total. The topological polar surface area (TPSA) is 63.3 Å². The fourth-order valence-corrected chi connectivity index (χ4v) is 2.73. The predicted molar refractivity (Wildman–Crippen MR) is 68.9 cm³/mol. The minimum atomic E-state index is -1.07. The van der Waals surface area contributed by atoms with Gasteiger partial charge in [-0.3, -0.25) is 0 Å². The summed E-state index contributed by atoms with van der Waals surface area (Å²) in [5, 5.41) is 12.7. The second-order valence-corrected chi connectivity index (χ2v) is 5.06. The van der Waals surface area contributed by atoms with E-state index in [4.69, 9.17) is 9.63 Å². The fourth-order valence-electron chi connectivity index (χ4n) is 1.60. The van der Waals surface area contributed by atoms with Crippen LogP contribution in [0.4, 0.5) is 4.39 Å². The lowest BCUT2D eigenvalue weighted by atomic mass is 10.2. The van der Waals surface area contributed by atoms with Crippen LogP contribution in [0.25, 0.3) is 0 Å². The highest BCUT2D eigenvalue weighted by molar-refractivity contribution is 7.98. The van der Waals surface area contributed by atoms with E-state index in [0.29, 0.717) is 16.4 Å². The van der Waals surface area contributed by atoms with Gasteiger partial charge in [-0.25, -0.2) is 9.18 Å². The maximum Gasteiger partial charge on any atom is 0.335 e. The van der Waals surface area contributed by atoms with E-state index in [-0.39, 0.29) is 5.56 Å². The van der Waals surface area contributed by atoms with Gasteiger partial charge in [0.1, 0.15) is 11.6 Å². The molecule has 0 fully saturated rings. The number of carboxylic acids is 1. The number of halogens is 1. The summed E-state index contributed by atoms with van der Waals surface area (Å²) in [4.78, 5) is 11.2. The van der Waals surface area contributed by atoms with E-state index in [1.165, 1.54) is 30.0 Å². The van der Waals surface area contributed by atoms with Crippen molar-refractivity contribution in [1.29, 1.82) is 0 Å². The lowest BCUT2D eigenvalue weighted by Gasteiger charge is -2.04. The van der Waals surface area contributed by atoms with Gasteiger partial charge in [0.05, 0.1) is 11.3 Å². The third kappa shape index (κ3) is 2.96. The van der Waals surface area contributed by atoms with Gasteiger partial charge in [0, 0.05) is 16.2 Å². The molecular weight excluding hydrogens is 269 g/mol. The zero-order chi connectivity index (χ0) is 14.0. The summed E-state index contributed by atoms with van der Waals surface area (Å²) < 4.78 is 18.6. The molecule has 2 aromatic rings. The third-order valence-corrected chi connectivity index (χ3v) is 3.79. The highest BCUT2D eigenvalue weighted by atomic mass is 32.2. The summed E-state index contributed by atoms with van der Waals surface area (Å²) in [6.07, 6.45) is 0. The first-order valence-corrected chi connectivity index (χ1v) is 6.55. The Bertz CT molecular complexity index is 605. The number of benzene rings is 1. The van der Waals surface area contributed by atoms with E-state index in [2.05, 4.69) is 5.16 Å². The van der Waals surface area contributed by atoms with Gasteiger partial charge >= 0.3 is 5.97 Å². The Hall–Kier alpha value is -1.82. The minimum absolute atomic E-state index is 0.0719. The highest BCUT2D eigenvalue weighted by Crippen LogP contribution is 2.28. The normalized spacial score (nSPS) is 10.7. The van der Waals surface area contributed by atoms with Crippen molar-refractivity contribution in [3.8, 4) is 0 Å². The van der Waals surface area contributed by atoms with Gasteiger partial charge < -0.3 is 9.63 Å². The Kier molecular flexibility index (Phi) is 3.90. The smallest absolute Gasteiger partial charge is 0.335 e. The van der Waals surface area contributed by atoms with Gasteiger partial charge in [-0.1, -0.05) is 5.16 Å². The molecule has 19 heavy (non-hydrogen) atoms. The molecule has 0 radical (unpaired) electrons. The van der Waals surface area contributed by atoms with Crippen LogP contribution < -0.4 is 0 Å². The summed E-state index contributed by atoms with van der Waals surface area (Å²) in [6.45, 7) is 3.61. The van der Waals surface area contributed by atoms with Crippen molar-refractivity contribution < 1.29 is 18.8 Å². The van der Waals surface area contributed by atoms with Crippen molar-refractivity contribution in [3.05, 3.63) is 46.6 Å². The van der Waals surface area contributed by atoms with Gasteiger partial charge in [0.15, 0.2) is 0 Å². The first kappa shape index (κ1) is 13.6. The molecular formula is C13H12FNO3S. The second kappa shape index (κ2) is 5.44. The first-order valence-electron chi connectivity index (χ1n) is 5.56. The lowest BCUT2D eigenvalue weighted by molar-refractivity contribution is 0.0696. The molecule has 0 bridgehead atoms. The lowest BCUT2D eigenvalue weighted by Crippen LogP contribution is -1.97. The summed E-state index contributed by atoms with van der Waals surface area (Å²) >= 11 is 1.23. The zero-order valence-corrected chi connectivity index (χ0v) is 11.3. The summed E-state index contributed by atoms with van der Waals surface area (Å²) in [5.74, 6) is -0.318. The predicted octanol–water partition coefficient (Wildman–Crippen LogP) is 3.42. The number of hydrogen-bond acceptors (Lipinski definition) is 4. The van der Waals surface area contributed by atoms with Crippen LogP contribution in [-0.2, 0) is 5.75 Å². The van der Waals surface area contributed by atoms with Crippen molar-refractivity contribution in [1.82, 2.24) is 5.16 Å². The van der Waals surface area contributed by atoms with Gasteiger partial charge in [-0.2, -0.15) is 0 Å². The molecule has 0 aliphatic rings. The molecule has 0 atom stereocenters. The quantitative estimate of drug-likeness (QED) is 0.870. The summed E-state index contributed by atoms with van der Waals surface area (Å²) in [7, 11) is 0. The van der Waals surface area contributed by atoms with Gasteiger partial charge in [0.2, 0.25) is 0 Å². The van der Waals surface area contributed by atoms with Crippen LogP contribution in [0.3, 0.4) is 0 Å². The van der Waals surface area contributed by atoms with E-state index < -0.39 is 11.8 Å². The van der Waals surface area contributed by atoms with E-state index in [1.54, 1.807) is 6.92 Å². The maximum atomic E-state index is 13.6. The van der Waals surface area contributed by atoms with Gasteiger partial charge in [-0.15, -0.1) is 11.8 Å². The summed E-state index contributed by atoms with van der Waals surface area (Å²) in [6, 6.07) is 3.75. The molecule has 6 heteroatoms. The molecule has 1 aromatic carbocycles. The molecule has 0 aliphatic heterocycles. The molecule has 0 saturated heterocycles. The second-order valence-electron chi connectivity index (χ2n) is 4.04. The molecule has 100 valence electrons. The first-order chi connectivity index (χ1) is 8.99. The van der Waals surface area contributed by atoms with Crippen LogP contribution in [0, 0.1) is 19.7 Å². The third-order valence-electron chi connectivity index (χ3n) is 2.73. The van der Waals surface area contributed by atoms with E-state index in [0.717, 1.165) is 11.3 Å². The number of thioether (sulfide) groups is 1. The van der Waals surface area contributed by atoms with Crippen LogP contribution in [0.1, 0.15) is 27.4 Å². The molecule has 0 aliphatic carbocycles. The van der Waals surface area contributed by atoms with Crippen LogP contribution in [0.5, 0.6) is 0 Å². The highest BCUT2D eigenvalue weighted by Gasteiger charge is 2.13. The number of aromatic nitrogens is 1. The molecule has 0 amide bonds. The van der Waals surface area contributed by atoms with Crippen molar-refractivity contribution in [3.63, 3.8) is 0 Å². The minimum Gasteiger partial charge on any atom is -0.478 e. The molecule has 2 rings (SSSR count). The van der Waals surface area contributed by atoms with Crippen LogP contribution >= 0.6 is 11.8 Å². The zero-order valence-electron chi connectivity index (χ0n) is 10.4.